The number of methoxy groups -OCH3 is 1. The molecule has 0 fully saturated rings. The van der Waals surface area contributed by atoms with Crippen LogP contribution in [-0.4, -0.2) is 29.3 Å². The zero-order valence-electron chi connectivity index (χ0n) is 7.61. The van der Waals surface area contributed by atoms with Gasteiger partial charge in [-0.25, -0.2) is 9.78 Å². The van der Waals surface area contributed by atoms with Crippen LogP contribution >= 0.6 is 15.9 Å². The molecule has 5 heteroatoms. The second-order valence-corrected chi connectivity index (χ2v) is 3.54. The average Bonchev–Trinajstić information content (AvgIpc) is 2.20. The van der Waals surface area contributed by atoms with E-state index in [2.05, 4.69) is 25.7 Å². The van der Waals surface area contributed by atoms with Crippen LogP contribution in [0.5, 0.6) is 0 Å². The Morgan fingerprint density at radius 2 is 2.43 bits per heavy atom. The number of aliphatic hydroxyl groups is 1. The molecule has 76 valence electrons. The number of pyridine rings is 1. The maximum Gasteiger partial charge on any atom is 0.335 e. The highest BCUT2D eigenvalue weighted by atomic mass is 79.9. The largest absolute Gasteiger partial charge is 0.467 e. The van der Waals surface area contributed by atoms with Gasteiger partial charge in [0.05, 0.1) is 7.11 Å². The Morgan fingerprint density at radius 3 is 2.93 bits per heavy atom. The predicted molar refractivity (Wildman–Crippen MR) is 53.7 cm³/mol. The highest BCUT2D eigenvalue weighted by Gasteiger charge is 2.15. The van der Waals surface area contributed by atoms with E-state index in [1.807, 2.05) is 0 Å². The number of ether oxygens (including phenoxy) is 1. The molecule has 1 unspecified atom stereocenters. The fourth-order valence-corrected chi connectivity index (χ4v) is 1.20. The number of aromatic nitrogens is 1. The smallest absolute Gasteiger partial charge is 0.335 e. The fourth-order valence-electron chi connectivity index (χ4n) is 0.970. The summed E-state index contributed by atoms with van der Waals surface area (Å²) < 4.78 is 5.11. The molecule has 1 N–H and O–H groups in total. The zero-order chi connectivity index (χ0) is 10.6. The molecule has 0 aliphatic carbocycles. The van der Waals surface area contributed by atoms with Crippen molar-refractivity contribution in [2.45, 2.75) is 12.5 Å². The Morgan fingerprint density at radius 1 is 1.71 bits per heavy atom. The van der Waals surface area contributed by atoms with Crippen molar-refractivity contribution >= 4 is 21.9 Å². The van der Waals surface area contributed by atoms with Crippen molar-refractivity contribution < 1.29 is 14.6 Å². The molecule has 4 nitrogen and oxygen atoms in total. The lowest BCUT2D eigenvalue weighted by Gasteiger charge is -2.07. The van der Waals surface area contributed by atoms with Gasteiger partial charge in [-0.05, 0) is 27.6 Å². The highest BCUT2D eigenvalue weighted by Crippen LogP contribution is 2.08. The summed E-state index contributed by atoms with van der Waals surface area (Å²) in [5.74, 6) is -0.632. The molecule has 0 saturated heterocycles. The molecule has 0 aliphatic heterocycles. The maximum atomic E-state index is 10.9. The molecule has 1 aromatic rings. The molecular formula is C9H10BrNO3. The van der Waals surface area contributed by atoms with Crippen LogP contribution in [0.15, 0.2) is 22.9 Å². The monoisotopic (exact) mass is 259 g/mol. The van der Waals surface area contributed by atoms with Crippen LogP contribution in [0, 0.1) is 0 Å². The normalized spacial score (nSPS) is 12.2. The molecule has 14 heavy (non-hydrogen) atoms. The maximum absolute atomic E-state index is 10.9. The second-order valence-electron chi connectivity index (χ2n) is 2.73. The first-order valence-corrected chi connectivity index (χ1v) is 4.79. The summed E-state index contributed by atoms with van der Waals surface area (Å²) in [6.07, 6.45) is 0.686. The molecule has 0 aromatic carbocycles. The number of rotatable bonds is 3. The molecular weight excluding hydrogens is 250 g/mol. The van der Waals surface area contributed by atoms with Crippen molar-refractivity contribution in [3.63, 3.8) is 0 Å². The third kappa shape index (κ3) is 3.08. The minimum Gasteiger partial charge on any atom is -0.467 e. The lowest BCUT2D eigenvalue weighted by atomic mass is 10.1. The van der Waals surface area contributed by atoms with E-state index in [0.29, 0.717) is 4.60 Å². The minimum atomic E-state index is -1.12. The minimum absolute atomic E-state index is 0.215. The Hall–Kier alpha value is -0.940. The van der Waals surface area contributed by atoms with Gasteiger partial charge < -0.3 is 9.84 Å². The first kappa shape index (κ1) is 11.1. The quantitative estimate of drug-likeness (QED) is 0.648. The van der Waals surface area contributed by atoms with Gasteiger partial charge in [-0.3, -0.25) is 0 Å². The summed E-state index contributed by atoms with van der Waals surface area (Å²) in [4.78, 5) is 14.9. The lowest BCUT2D eigenvalue weighted by molar-refractivity contribution is -0.150. The van der Waals surface area contributed by atoms with Crippen molar-refractivity contribution in [3.05, 3.63) is 28.5 Å². The molecule has 0 radical (unpaired) electrons. The molecule has 0 amide bonds. The molecule has 1 atom stereocenters. The molecule has 0 aliphatic rings. The van der Waals surface area contributed by atoms with E-state index in [1.165, 1.54) is 7.11 Å². The number of esters is 1. The van der Waals surface area contributed by atoms with E-state index >= 15 is 0 Å². The number of carbonyl (C=O) groups is 1. The Balaban J connectivity index is 2.60. The standard InChI is InChI=1S/C9H10BrNO3/c1-14-9(13)7(12)4-6-2-3-8(10)11-5-6/h2-3,5,7,12H,4H2,1H3. The van der Waals surface area contributed by atoms with Crippen molar-refractivity contribution in [1.29, 1.82) is 0 Å². The number of halogens is 1. The summed E-state index contributed by atoms with van der Waals surface area (Å²) in [6.45, 7) is 0. The summed E-state index contributed by atoms with van der Waals surface area (Å²) in [5.41, 5.74) is 0.783. The zero-order valence-corrected chi connectivity index (χ0v) is 9.19. The van der Waals surface area contributed by atoms with Gasteiger partial charge in [-0.1, -0.05) is 6.07 Å². The molecule has 0 bridgehead atoms. The van der Waals surface area contributed by atoms with E-state index in [0.717, 1.165) is 5.56 Å². The Labute approximate surface area is 90.0 Å². The topological polar surface area (TPSA) is 59.4 Å². The van der Waals surface area contributed by atoms with Crippen LogP contribution in [0.2, 0.25) is 0 Å². The Kier molecular flexibility index (Phi) is 4.03. The number of nitrogens with zero attached hydrogens (tertiary/aromatic N) is 1. The number of carbonyl (C=O) groups excluding carboxylic acids is 1. The van der Waals surface area contributed by atoms with Crippen molar-refractivity contribution in [2.75, 3.05) is 7.11 Å². The van der Waals surface area contributed by atoms with Gasteiger partial charge in [-0.15, -0.1) is 0 Å². The van der Waals surface area contributed by atoms with Gasteiger partial charge in [0.1, 0.15) is 4.60 Å². The first-order valence-electron chi connectivity index (χ1n) is 4.00. The molecule has 1 heterocycles. The third-order valence-corrected chi connectivity index (χ3v) is 2.16. The lowest BCUT2D eigenvalue weighted by Crippen LogP contribution is -2.24. The summed E-state index contributed by atoms with van der Waals surface area (Å²) in [6, 6.07) is 3.53. The predicted octanol–water partition coefficient (Wildman–Crippen LogP) is 0.920. The molecule has 1 rings (SSSR count). The molecule has 0 spiro atoms. The van der Waals surface area contributed by atoms with Gasteiger partial charge in [0.2, 0.25) is 0 Å². The van der Waals surface area contributed by atoms with Crippen LogP contribution in [0.3, 0.4) is 0 Å². The van der Waals surface area contributed by atoms with E-state index in [4.69, 9.17) is 0 Å². The summed E-state index contributed by atoms with van der Waals surface area (Å²) >= 11 is 3.19. The van der Waals surface area contributed by atoms with Crippen LogP contribution in [-0.2, 0) is 16.0 Å². The van der Waals surface area contributed by atoms with Gasteiger partial charge in [-0.2, -0.15) is 0 Å². The Bertz CT molecular complexity index is 312. The van der Waals surface area contributed by atoms with Crippen molar-refractivity contribution in [3.8, 4) is 0 Å². The van der Waals surface area contributed by atoms with E-state index in [1.54, 1.807) is 18.3 Å². The van der Waals surface area contributed by atoms with Gasteiger partial charge in [0, 0.05) is 12.6 Å². The van der Waals surface area contributed by atoms with E-state index in [-0.39, 0.29) is 6.42 Å². The van der Waals surface area contributed by atoms with Crippen LogP contribution < -0.4 is 0 Å². The molecule has 1 aromatic heterocycles. The highest BCUT2D eigenvalue weighted by molar-refractivity contribution is 9.10. The SMILES string of the molecule is COC(=O)C(O)Cc1ccc(Br)nc1. The number of aliphatic hydroxyl groups excluding tert-OH is 1. The van der Waals surface area contributed by atoms with E-state index in [9.17, 15) is 9.90 Å². The fraction of sp³-hybridized carbons (Fsp3) is 0.333. The summed E-state index contributed by atoms with van der Waals surface area (Å²) in [7, 11) is 1.24. The van der Waals surface area contributed by atoms with E-state index < -0.39 is 12.1 Å². The van der Waals surface area contributed by atoms with Crippen LogP contribution in [0.25, 0.3) is 0 Å². The summed E-state index contributed by atoms with van der Waals surface area (Å²) in [5, 5.41) is 9.33. The van der Waals surface area contributed by atoms with Crippen LogP contribution in [0.1, 0.15) is 5.56 Å². The number of hydrogen-bond acceptors (Lipinski definition) is 4. The first-order chi connectivity index (χ1) is 6.63. The third-order valence-electron chi connectivity index (χ3n) is 1.69. The average molecular weight is 260 g/mol. The second kappa shape index (κ2) is 5.07. The van der Waals surface area contributed by atoms with Crippen LogP contribution in [0.4, 0.5) is 0 Å². The number of hydrogen-bond donors (Lipinski definition) is 1. The van der Waals surface area contributed by atoms with Crippen molar-refractivity contribution in [1.82, 2.24) is 4.98 Å². The van der Waals surface area contributed by atoms with Crippen molar-refractivity contribution in [2.24, 2.45) is 0 Å². The van der Waals surface area contributed by atoms with Gasteiger partial charge >= 0.3 is 5.97 Å². The molecule has 0 saturated carbocycles. The van der Waals surface area contributed by atoms with Gasteiger partial charge in [0.15, 0.2) is 6.10 Å². The van der Waals surface area contributed by atoms with Gasteiger partial charge in [0.25, 0.3) is 0 Å².